The predicted octanol–water partition coefficient (Wildman–Crippen LogP) is 2.34. The van der Waals surface area contributed by atoms with Gasteiger partial charge in [0.1, 0.15) is 0 Å². The summed E-state index contributed by atoms with van der Waals surface area (Å²) in [6.45, 7) is 8.89. The SMILES string of the molecule is C[CH](C)[Cu-2][CH](C)C.[Mg+2]. The third-order valence-electron chi connectivity index (χ3n) is 0.402. The molecule has 0 aromatic heterocycles. The van der Waals surface area contributed by atoms with E-state index in [-0.39, 0.29) is 23.1 Å². The van der Waals surface area contributed by atoms with Gasteiger partial charge in [0.05, 0.1) is 0 Å². The molecular formula is C6H14CuMg. The number of rotatable bonds is 2. The Morgan fingerprint density at radius 3 is 1.12 bits per heavy atom. The molecule has 0 nitrogen and oxygen atoms in total. The fourth-order valence-electron chi connectivity index (χ4n) is 0.402. The number of hydrogen-bond donors (Lipinski definition) is 0. The fourth-order valence-corrected chi connectivity index (χ4v) is 1.66. The van der Waals surface area contributed by atoms with Crippen LogP contribution in [0.25, 0.3) is 0 Å². The van der Waals surface area contributed by atoms with E-state index in [9.17, 15) is 0 Å². The van der Waals surface area contributed by atoms with E-state index >= 15 is 0 Å². The maximum Gasteiger partial charge on any atom is 2.00 e. The standard InChI is InChI=1S/2C3H7.Cu.Mg/c2*1-3-2;;/h2*3H,1-2H3;;/q;;-2;+2. The summed E-state index contributed by atoms with van der Waals surface area (Å²) in [5.41, 5.74) is 0. The zero-order valence-electron chi connectivity index (χ0n) is 6.16. The second-order valence-electron chi connectivity index (χ2n) is 1.95. The second kappa shape index (κ2) is 6.41. The van der Waals surface area contributed by atoms with Gasteiger partial charge in [-0.2, -0.15) is 0 Å². The molecule has 0 rings (SSSR count). The molecular weight excluding hydrogens is 160 g/mol. The van der Waals surface area contributed by atoms with Gasteiger partial charge in [-0.1, -0.05) is 0 Å². The van der Waals surface area contributed by atoms with Crippen LogP contribution in [-0.4, -0.2) is 23.1 Å². The van der Waals surface area contributed by atoms with Crippen molar-refractivity contribution in [2.75, 3.05) is 0 Å². The van der Waals surface area contributed by atoms with Crippen molar-refractivity contribution < 1.29 is 15.0 Å². The third-order valence-corrected chi connectivity index (χ3v) is 1.66. The first-order valence-corrected chi connectivity index (χ1v) is 3.74. The summed E-state index contributed by atoms with van der Waals surface area (Å²) in [6.07, 6.45) is 0. The Morgan fingerprint density at radius 2 is 1.12 bits per heavy atom. The van der Waals surface area contributed by atoms with E-state index in [2.05, 4.69) is 42.7 Å². The van der Waals surface area contributed by atoms with Crippen LogP contribution in [0.5, 0.6) is 0 Å². The van der Waals surface area contributed by atoms with Crippen molar-refractivity contribution in [1.29, 1.82) is 0 Å². The summed E-state index contributed by atoms with van der Waals surface area (Å²) in [5, 5.41) is 0. The van der Waals surface area contributed by atoms with Crippen LogP contribution in [0.4, 0.5) is 0 Å². The van der Waals surface area contributed by atoms with Crippen LogP contribution in [0, 0.1) is 0 Å². The van der Waals surface area contributed by atoms with Crippen molar-refractivity contribution in [3.8, 4) is 0 Å². The molecule has 0 radical (unpaired) electrons. The van der Waals surface area contributed by atoms with E-state index in [1.54, 1.807) is 0 Å². The number of hydrogen-bond acceptors (Lipinski definition) is 0. The van der Waals surface area contributed by atoms with Gasteiger partial charge >= 0.3 is 75.3 Å². The molecule has 0 aliphatic heterocycles. The van der Waals surface area contributed by atoms with Crippen LogP contribution < -0.4 is 0 Å². The molecule has 0 saturated heterocycles. The molecule has 0 aromatic rings. The summed E-state index contributed by atoms with van der Waals surface area (Å²) in [5.74, 6) is 0. The summed E-state index contributed by atoms with van der Waals surface area (Å²) < 4.78 is 0. The molecule has 0 saturated carbocycles. The van der Waals surface area contributed by atoms with E-state index in [0.29, 0.717) is 0 Å². The molecule has 0 aliphatic carbocycles. The van der Waals surface area contributed by atoms with Crippen LogP contribution >= 0.6 is 0 Å². The van der Waals surface area contributed by atoms with Crippen molar-refractivity contribution in [3.05, 3.63) is 0 Å². The normalized spacial score (nSPS) is 10.2. The van der Waals surface area contributed by atoms with Gasteiger partial charge in [0.15, 0.2) is 0 Å². The van der Waals surface area contributed by atoms with Gasteiger partial charge in [0, 0.05) is 0 Å². The topological polar surface area (TPSA) is 0 Å². The zero-order chi connectivity index (χ0) is 5.86. The molecule has 51 valence electrons. The molecule has 0 spiro atoms. The Morgan fingerprint density at radius 1 is 0.875 bits per heavy atom. The molecule has 0 amide bonds. The summed E-state index contributed by atoms with van der Waals surface area (Å²) in [7, 11) is 0. The fraction of sp³-hybridized carbons (Fsp3) is 1.00. The zero-order valence-corrected chi connectivity index (χ0v) is 8.52. The Bertz CT molecular complexity index is 37.8. The summed E-state index contributed by atoms with van der Waals surface area (Å²) in [6, 6.07) is 0. The minimum Gasteiger partial charge on any atom is 2.00 e. The van der Waals surface area contributed by atoms with Crippen molar-refractivity contribution in [2.24, 2.45) is 0 Å². The van der Waals surface area contributed by atoms with Crippen LogP contribution in [0.1, 0.15) is 27.7 Å². The van der Waals surface area contributed by atoms with E-state index in [1.807, 2.05) is 0 Å². The molecule has 8 heavy (non-hydrogen) atoms. The molecule has 0 heterocycles. The van der Waals surface area contributed by atoms with Gasteiger partial charge in [0.2, 0.25) is 0 Å². The molecule has 2 heteroatoms. The van der Waals surface area contributed by atoms with E-state index in [0.717, 1.165) is 9.63 Å². The average Bonchev–Trinajstić information content (AvgIpc) is 1.27. The van der Waals surface area contributed by atoms with Crippen LogP contribution in [0.3, 0.4) is 0 Å². The molecule has 0 atom stereocenters. The van der Waals surface area contributed by atoms with Crippen molar-refractivity contribution in [2.45, 2.75) is 37.3 Å². The Hall–Kier alpha value is 1.29. The predicted molar refractivity (Wildman–Crippen MR) is 35.9 cm³/mol. The molecule has 0 aliphatic rings. The quantitative estimate of drug-likeness (QED) is 0.563. The largest absolute Gasteiger partial charge is 2.00 e. The van der Waals surface area contributed by atoms with Crippen LogP contribution in [0.15, 0.2) is 0 Å². The second-order valence-corrected chi connectivity index (χ2v) is 4.44. The third kappa shape index (κ3) is 10.3. The molecule has 0 N–H and O–H groups in total. The summed E-state index contributed by atoms with van der Waals surface area (Å²) >= 11 is 2.09. The first-order valence-electron chi connectivity index (χ1n) is 2.66. The van der Waals surface area contributed by atoms with Gasteiger partial charge in [-0.25, -0.2) is 0 Å². The minimum atomic E-state index is 0. The minimum absolute atomic E-state index is 0. The van der Waals surface area contributed by atoms with Gasteiger partial charge in [-0.15, -0.1) is 0 Å². The summed E-state index contributed by atoms with van der Waals surface area (Å²) in [4.78, 5) is 1.56. The first-order chi connectivity index (χ1) is 3.13. The average molecular weight is 174 g/mol. The molecule has 0 unspecified atom stereocenters. The smallest absolute Gasteiger partial charge is 2.00 e. The van der Waals surface area contributed by atoms with Crippen molar-refractivity contribution in [3.63, 3.8) is 0 Å². The van der Waals surface area contributed by atoms with Crippen LogP contribution in [0.2, 0.25) is 9.63 Å². The van der Waals surface area contributed by atoms with E-state index in [1.165, 1.54) is 0 Å². The molecule has 0 bridgehead atoms. The van der Waals surface area contributed by atoms with Gasteiger partial charge in [0.25, 0.3) is 0 Å². The van der Waals surface area contributed by atoms with Crippen molar-refractivity contribution in [1.82, 2.24) is 0 Å². The Kier molecular flexibility index (Phi) is 9.62. The maximum atomic E-state index is 2.22. The van der Waals surface area contributed by atoms with E-state index in [4.69, 9.17) is 0 Å². The van der Waals surface area contributed by atoms with E-state index < -0.39 is 0 Å². The maximum absolute atomic E-state index is 2.22. The molecule has 0 aromatic carbocycles. The van der Waals surface area contributed by atoms with Gasteiger partial charge in [-0.3, -0.25) is 0 Å². The first kappa shape index (κ1) is 12.0. The van der Waals surface area contributed by atoms with Gasteiger partial charge < -0.3 is 0 Å². The molecule has 0 fully saturated rings. The monoisotopic (exact) mass is 173 g/mol. The Balaban J connectivity index is 0. The Labute approximate surface area is 75.1 Å². The van der Waals surface area contributed by atoms with Crippen LogP contribution in [-0.2, 0) is 15.0 Å². The van der Waals surface area contributed by atoms with Crippen molar-refractivity contribution >= 4 is 23.1 Å². The van der Waals surface area contributed by atoms with Gasteiger partial charge in [-0.05, 0) is 0 Å².